The number of halogens is 6. The van der Waals surface area contributed by atoms with Gasteiger partial charge in [0.25, 0.3) is 0 Å². The molecule has 3 aliphatic carbocycles. The molecular formula is C123H103F6N7O6S2. The Labute approximate surface area is 836 Å². The molecule has 21 heteroatoms. The molecule has 6 heterocycles. The minimum Gasteiger partial charge on any atom is -0.422 e. The standard InChI is InChI=1S/C42H36F3N3O2.C41H33F3N2O2S.C40H34N2O2S/c1-47-39-33-20-17-30(29-15-9-4-10-16-29)23-31(33)18-22-35(39)46-40(47)37-38(42(43,44)45)34-21-19-32(24-36(34)50-41(37)49)48(25-27-11-5-2-6-12-27)26-28-13-7-3-8-14-28;42-41(43,44)37-33-20-18-31(46(24-26-10-4-1-5-11-26)25-27-12-6-2-7-13-27)23-35(33)48-40(47)36(37)39-45-34-21-17-30-22-29(28-14-8-3-9-15-28)16-19-32(30)38(34)49-39;43-40-35(39-41-36-21-18-31-22-30(29-14-8-3-9-15-29)17-20-34(31)38(36)45-39)23-32-16-19-33(24-37(32)44-40)42(25-27-10-4-1-5-11-27)26-28-12-6-2-7-13-28/h2-3,5-8,11-14,17-24,29H,4,9-10,15-16,25-26H2,1H3;1-2,4-7,10-13,16-23,28H,3,8-9,14-15,24-25H2;1-2,4-7,10-13,16-24,29H,3,8-9,14-15,25-26H2. The van der Waals surface area contributed by atoms with Crippen LogP contribution in [0.2, 0.25) is 0 Å². The molecule has 15 aromatic carbocycles. The summed E-state index contributed by atoms with van der Waals surface area (Å²) in [5.74, 6) is 1.64. The summed E-state index contributed by atoms with van der Waals surface area (Å²) in [6, 6.07) is 109. The SMILES string of the molecule is Cn1c(-c2c(C(F)(F)F)c3ccc(N(Cc4ccccc4)Cc4ccccc4)cc3oc2=O)nc2ccc3cc(C4CCCCC4)ccc3c21.O=c1oc2cc(N(Cc3ccccc3)Cc3ccccc3)ccc2c(C(F)(F)F)c1-c1nc2ccc3cc(C4CCCCC4)ccc3c2s1.O=c1oc2cc(N(Cc3ccccc3)Cc3ccccc3)ccc2cc1-c1nc2ccc3cc(C4CCCCC4)ccc3c2s1. The molecule has 24 rings (SSSR count). The first-order chi connectivity index (χ1) is 70.2. The van der Waals surface area contributed by atoms with Crippen LogP contribution in [0.15, 0.2) is 361 Å². The molecule has 3 saturated carbocycles. The van der Waals surface area contributed by atoms with Gasteiger partial charge in [-0.2, -0.15) is 26.3 Å². The fraction of sp³-hybridized carbons (Fsp3) is 0.220. The fourth-order valence-electron chi connectivity index (χ4n) is 21.8. The van der Waals surface area contributed by atoms with Gasteiger partial charge in [-0.05, 0) is 183 Å². The molecule has 0 aliphatic heterocycles. The highest BCUT2D eigenvalue weighted by Gasteiger charge is 2.42. The quantitative estimate of drug-likeness (QED) is 0.0499. The molecule has 3 fully saturated rings. The third-order valence-corrected chi connectivity index (χ3v) is 31.3. The van der Waals surface area contributed by atoms with E-state index >= 15 is 13.2 Å². The van der Waals surface area contributed by atoms with Crippen LogP contribution in [0.5, 0.6) is 0 Å². The summed E-state index contributed by atoms with van der Waals surface area (Å²) in [7, 11) is 1.66. The van der Waals surface area contributed by atoms with Gasteiger partial charge in [0.15, 0.2) is 0 Å². The number of hydrogen-bond acceptors (Lipinski definition) is 14. The lowest BCUT2D eigenvalue weighted by Gasteiger charge is -2.26. The van der Waals surface area contributed by atoms with Gasteiger partial charge in [-0.25, -0.2) is 29.3 Å². The zero-order chi connectivity index (χ0) is 98.1. The summed E-state index contributed by atoms with van der Waals surface area (Å²) in [5.41, 5.74) is 10.7. The van der Waals surface area contributed by atoms with Crippen LogP contribution in [-0.4, -0.2) is 19.5 Å². The van der Waals surface area contributed by atoms with Crippen molar-refractivity contribution in [2.45, 2.75) is 166 Å². The zero-order valence-corrected chi connectivity index (χ0v) is 81.1. The van der Waals surface area contributed by atoms with Crippen molar-refractivity contribution in [1.29, 1.82) is 0 Å². The highest BCUT2D eigenvalue weighted by Crippen LogP contribution is 2.49. The second-order valence-electron chi connectivity index (χ2n) is 38.5. The first-order valence-electron chi connectivity index (χ1n) is 49.7. The van der Waals surface area contributed by atoms with Crippen LogP contribution in [0.3, 0.4) is 0 Å². The largest absolute Gasteiger partial charge is 0.422 e. The van der Waals surface area contributed by atoms with Gasteiger partial charge in [0.1, 0.15) is 43.7 Å². The molecule has 0 amide bonds. The highest BCUT2D eigenvalue weighted by molar-refractivity contribution is 7.23. The van der Waals surface area contributed by atoms with Gasteiger partial charge in [0.05, 0.1) is 48.2 Å². The minimum atomic E-state index is -4.85. The van der Waals surface area contributed by atoms with Gasteiger partial charge in [0.2, 0.25) is 0 Å². The van der Waals surface area contributed by atoms with Gasteiger partial charge in [-0.1, -0.05) is 313 Å². The number of aromatic nitrogens is 4. The lowest BCUT2D eigenvalue weighted by atomic mass is 9.83. The first kappa shape index (κ1) is 93.9. The normalized spacial score (nSPS) is 14.1. The van der Waals surface area contributed by atoms with E-state index in [9.17, 15) is 27.6 Å². The number of imidazole rings is 1. The van der Waals surface area contributed by atoms with Crippen LogP contribution in [0, 0.1) is 0 Å². The van der Waals surface area contributed by atoms with Crippen LogP contribution in [-0.2, 0) is 58.7 Å². The second-order valence-corrected chi connectivity index (χ2v) is 40.5. The van der Waals surface area contributed by atoms with Crippen molar-refractivity contribution in [3.05, 3.63) is 426 Å². The van der Waals surface area contributed by atoms with Crippen molar-refractivity contribution >= 4 is 136 Å². The van der Waals surface area contributed by atoms with Crippen LogP contribution in [0.1, 0.15) is 175 Å². The molecule has 0 saturated heterocycles. The molecule has 0 bridgehead atoms. The van der Waals surface area contributed by atoms with E-state index in [0.29, 0.717) is 88.0 Å². The predicted octanol–water partition coefficient (Wildman–Crippen LogP) is 32.7. The Balaban J connectivity index is 0.000000123. The third-order valence-electron chi connectivity index (χ3n) is 29.0. The third kappa shape index (κ3) is 19.9. The van der Waals surface area contributed by atoms with Crippen LogP contribution >= 0.6 is 22.7 Å². The van der Waals surface area contributed by atoms with Gasteiger partial charge in [-0.15, -0.1) is 22.7 Å². The molecule has 0 N–H and O–H groups in total. The van der Waals surface area contributed by atoms with Crippen molar-refractivity contribution in [3.63, 3.8) is 0 Å². The average molecular weight is 1950 g/mol. The number of fused-ring (bicyclic) bond motifs is 12. The summed E-state index contributed by atoms with van der Waals surface area (Å²) in [5, 5.41) is 7.48. The summed E-state index contributed by atoms with van der Waals surface area (Å²) < 4.78 is 111. The summed E-state index contributed by atoms with van der Waals surface area (Å²) in [6.07, 6.45) is 9.07. The number of hydrogen-bond donors (Lipinski definition) is 0. The van der Waals surface area contributed by atoms with E-state index in [4.69, 9.17) is 18.2 Å². The van der Waals surface area contributed by atoms with Crippen molar-refractivity contribution in [3.8, 4) is 32.5 Å². The zero-order valence-electron chi connectivity index (χ0n) is 79.5. The van der Waals surface area contributed by atoms with Crippen molar-refractivity contribution in [1.82, 2.24) is 19.5 Å². The van der Waals surface area contributed by atoms with E-state index in [-0.39, 0.29) is 38.4 Å². The Bertz CT molecular complexity index is 8360. The molecule has 13 nitrogen and oxygen atoms in total. The molecule has 0 unspecified atom stereocenters. The molecular weight excluding hydrogens is 1850 g/mol. The Kier molecular flexibility index (Phi) is 26.6. The first-order valence-corrected chi connectivity index (χ1v) is 51.4. The van der Waals surface area contributed by atoms with Crippen LogP contribution in [0.25, 0.3) is 129 Å². The second kappa shape index (κ2) is 40.7. The average Bonchev–Trinajstić information content (AvgIpc) is 1.52. The molecule has 21 aromatic rings. The number of alkyl halides is 6. The molecule has 0 atom stereocenters. The Hall–Kier alpha value is -15.1. The Morgan fingerprint density at radius 1 is 0.312 bits per heavy atom. The number of aryl methyl sites for hydroxylation is 1. The lowest BCUT2D eigenvalue weighted by Crippen LogP contribution is -2.22. The molecule has 0 radical (unpaired) electrons. The number of nitrogens with zero attached hydrogens (tertiary/aromatic N) is 7. The maximum absolute atomic E-state index is 15.1. The number of rotatable bonds is 21. The smallest absolute Gasteiger partial charge is 0.418 e. The molecule has 144 heavy (non-hydrogen) atoms. The van der Waals surface area contributed by atoms with Gasteiger partial charge in [0, 0.05) is 114 Å². The Morgan fingerprint density at radius 3 is 1.03 bits per heavy atom. The van der Waals surface area contributed by atoms with Crippen LogP contribution in [0.4, 0.5) is 43.4 Å². The van der Waals surface area contributed by atoms with Crippen LogP contribution < -0.4 is 31.6 Å². The summed E-state index contributed by atoms with van der Waals surface area (Å²) >= 11 is 2.68. The van der Waals surface area contributed by atoms with E-state index in [1.54, 1.807) is 35.1 Å². The Morgan fingerprint density at radius 2 is 0.632 bits per heavy atom. The lowest BCUT2D eigenvalue weighted by molar-refractivity contribution is -0.136. The van der Waals surface area contributed by atoms with Gasteiger partial charge < -0.3 is 32.5 Å². The van der Waals surface area contributed by atoms with E-state index in [2.05, 4.69) is 146 Å². The molecule has 0 spiro atoms. The number of thiazole rings is 2. The van der Waals surface area contributed by atoms with Crippen molar-refractivity contribution in [2.24, 2.45) is 7.05 Å². The van der Waals surface area contributed by atoms with E-state index < -0.39 is 45.9 Å². The molecule has 3 aliphatic rings. The van der Waals surface area contributed by atoms with E-state index in [0.717, 1.165) is 94.2 Å². The topological polar surface area (TPSA) is 144 Å². The fourth-order valence-corrected chi connectivity index (χ4v) is 24.0. The molecule has 6 aromatic heterocycles. The van der Waals surface area contributed by atoms with Gasteiger partial charge >= 0.3 is 29.2 Å². The summed E-state index contributed by atoms with van der Waals surface area (Å²) in [6.45, 7) is 3.52. The van der Waals surface area contributed by atoms with Crippen molar-refractivity contribution in [2.75, 3.05) is 14.7 Å². The maximum Gasteiger partial charge on any atom is 0.418 e. The highest BCUT2D eigenvalue weighted by atomic mass is 32.1. The minimum absolute atomic E-state index is 0.000639. The monoisotopic (exact) mass is 1950 g/mol. The van der Waals surface area contributed by atoms with Gasteiger partial charge in [-0.3, -0.25) is 0 Å². The van der Waals surface area contributed by atoms with E-state index in [1.165, 1.54) is 159 Å². The predicted molar refractivity (Wildman–Crippen MR) is 573 cm³/mol. The number of benzene rings is 15. The maximum atomic E-state index is 15.1. The van der Waals surface area contributed by atoms with Crippen molar-refractivity contribution < 1.29 is 39.6 Å². The van der Waals surface area contributed by atoms with E-state index in [1.807, 2.05) is 176 Å². The number of anilines is 3. The molecule has 720 valence electrons. The summed E-state index contributed by atoms with van der Waals surface area (Å²) in [4.78, 5) is 61.3.